The van der Waals surface area contributed by atoms with Gasteiger partial charge in [0.15, 0.2) is 0 Å². The van der Waals surface area contributed by atoms with Crippen LogP contribution in [0.15, 0.2) is 60.7 Å². The SMILES string of the molecule is c1ccc([C]2([Ge]3([C]4(c5ccccc5)SCCCS4)[CH2]CCC[CH2]3)SCCCS2)cc1. The van der Waals surface area contributed by atoms with Crippen LogP contribution in [0, 0.1) is 0 Å². The molecule has 0 unspecified atom stereocenters. The Morgan fingerprint density at radius 3 is 1.30 bits per heavy atom. The van der Waals surface area contributed by atoms with Gasteiger partial charge in [-0.05, 0) is 0 Å². The molecule has 0 spiro atoms. The van der Waals surface area contributed by atoms with Crippen LogP contribution in [0.2, 0.25) is 10.5 Å². The van der Waals surface area contributed by atoms with Gasteiger partial charge in [-0.2, -0.15) is 0 Å². The van der Waals surface area contributed by atoms with Crippen molar-refractivity contribution in [2.75, 3.05) is 23.0 Å². The molecule has 0 bridgehead atoms. The molecule has 0 radical (unpaired) electrons. The second-order valence-corrected chi connectivity index (χ2v) is 27.3. The maximum atomic E-state index is 2.49. The van der Waals surface area contributed by atoms with Crippen LogP contribution >= 0.6 is 47.0 Å². The predicted molar refractivity (Wildman–Crippen MR) is 145 cm³/mol. The molecule has 2 aromatic rings. The Labute approximate surface area is 202 Å². The molecule has 0 aliphatic carbocycles. The number of hydrogen-bond acceptors (Lipinski definition) is 4. The van der Waals surface area contributed by atoms with Crippen molar-refractivity contribution in [2.24, 2.45) is 0 Å². The van der Waals surface area contributed by atoms with E-state index < -0.39 is 13.3 Å². The van der Waals surface area contributed by atoms with Gasteiger partial charge in [0.05, 0.1) is 0 Å². The van der Waals surface area contributed by atoms with Crippen molar-refractivity contribution in [2.45, 2.75) is 48.4 Å². The molecule has 160 valence electrons. The number of benzene rings is 2. The molecule has 3 heterocycles. The van der Waals surface area contributed by atoms with Gasteiger partial charge in [-0.25, -0.2) is 0 Å². The molecule has 30 heavy (non-hydrogen) atoms. The fourth-order valence-electron chi connectivity index (χ4n) is 5.85. The summed E-state index contributed by atoms with van der Waals surface area (Å²) in [5.41, 5.74) is 3.31. The average Bonchev–Trinajstić information content (AvgIpc) is 2.86. The van der Waals surface area contributed by atoms with Crippen LogP contribution in [0.25, 0.3) is 0 Å². The van der Waals surface area contributed by atoms with Gasteiger partial charge in [0.1, 0.15) is 0 Å². The van der Waals surface area contributed by atoms with Crippen LogP contribution in [0.5, 0.6) is 0 Å². The maximum absolute atomic E-state index is 2.54. The molecular weight excluding hydrogens is 501 g/mol. The third-order valence-corrected chi connectivity index (χ3v) is 36.3. The summed E-state index contributed by atoms with van der Waals surface area (Å²) in [6.07, 6.45) is 7.13. The topological polar surface area (TPSA) is 0 Å². The zero-order valence-corrected chi connectivity index (χ0v) is 23.0. The molecule has 0 amide bonds. The molecule has 0 N–H and O–H groups in total. The van der Waals surface area contributed by atoms with Crippen LogP contribution in [0.1, 0.15) is 43.2 Å². The van der Waals surface area contributed by atoms with Gasteiger partial charge in [-0.3, -0.25) is 0 Å². The summed E-state index contributed by atoms with van der Waals surface area (Å²) in [4.78, 5) is 0. The van der Waals surface area contributed by atoms with E-state index in [-0.39, 0.29) is 0 Å². The van der Waals surface area contributed by atoms with Crippen LogP contribution in [-0.4, -0.2) is 36.3 Å². The first-order valence-corrected chi connectivity index (χ1v) is 20.5. The predicted octanol–water partition coefficient (Wildman–Crippen LogP) is 8.14. The fourth-order valence-corrected chi connectivity index (χ4v) is 41.6. The van der Waals surface area contributed by atoms with E-state index in [0.29, 0.717) is 5.82 Å². The molecule has 3 saturated heterocycles. The second-order valence-electron chi connectivity index (χ2n) is 8.71. The van der Waals surface area contributed by atoms with Gasteiger partial charge in [0, 0.05) is 0 Å². The Kier molecular flexibility index (Phi) is 7.18. The third-order valence-electron chi connectivity index (χ3n) is 7.07. The third kappa shape index (κ3) is 3.65. The van der Waals surface area contributed by atoms with Gasteiger partial charge in [0.25, 0.3) is 0 Å². The molecule has 5 rings (SSSR count). The van der Waals surface area contributed by atoms with Crippen LogP contribution in [0.4, 0.5) is 0 Å². The van der Waals surface area contributed by atoms with Crippen molar-refractivity contribution in [3.8, 4) is 0 Å². The molecule has 0 aromatic heterocycles. The Balaban J connectivity index is 1.75. The van der Waals surface area contributed by atoms with Crippen LogP contribution < -0.4 is 0 Å². The average molecular weight is 533 g/mol. The molecule has 3 aliphatic rings. The van der Waals surface area contributed by atoms with Gasteiger partial charge in [-0.15, -0.1) is 0 Å². The first-order valence-electron chi connectivity index (χ1n) is 11.5. The minimum absolute atomic E-state index is 0.340. The van der Waals surface area contributed by atoms with Gasteiger partial charge in [-0.1, -0.05) is 0 Å². The summed E-state index contributed by atoms with van der Waals surface area (Å²) in [6.45, 7) is 0. The van der Waals surface area contributed by atoms with E-state index in [1.807, 2.05) is 0 Å². The van der Waals surface area contributed by atoms with E-state index in [1.165, 1.54) is 55.1 Å². The van der Waals surface area contributed by atoms with E-state index in [1.54, 1.807) is 21.6 Å². The number of hydrogen-bond donors (Lipinski definition) is 0. The van der Waals surface area contributed by atoms with Crippen molar-refractivity contribution >= 4 is 60.3 Å². The zero-order chi connectivity index (χ0) is 20.3. The summed E-state index contributed by atoms with van der Waals surface area (Å²) in [5.74, 6) is 5.37. The minimum atomic E-state index is -2.54. The first kappa shape index (κ1) is 22.2. The molecule has 3 aliphatic heterocycles. The standard InChI is InChI=1S/C25H32GeS4/c1-4-12-22(13-5-1)24(27-18-10-19-28-24)26(16-8-3-9-17-26)25(29-20-11-21-30-25)23-14-6-2-7-15-23/h1-2,4-7,12-15H,3,8-11,16-21H2. The quantitative estimate of drug-likeness (QED) is 0.364. The number of rotatable bonds is 4. The van der Waals surface area contributed by atoms with E-state index in [9.17, 15) is 0 Å². The monoisotopic (exact) mass is 534 g/mol. The molecule has 0 nitrogen and oxygen atoms in total. The van der Waals surface area contributed by atoms with Gasteiger partial charge < -0.3 is 0 Å². The summed E-state index contributed by atoms with van der Waals surface area (Å²) in [5, 5.41) is 3.09. The Bertz CT molecular complexity index is 744. The van der Waals surface area contributed by atoms with Gasteiger partial charge in [0.2, 0.25) is 0 Å². The Morgan fingerprint density at radius 2 is 0.900 bits per heavy atom. The zero-order valence-electron chi connectivity index (χ0n) is 17.7. The van der Waals surface area contributed by atoms with Crippen molar-refractivity contribution < 1.29 is 0 Å². The molecule has 3 fully saturated rings. The van der Waals surface area contributed by atoms with Crippen molar-refractivity contribution in [1.82, 2.24) is 0 Å². The van der Waals surface area contributed by atoms with Crippen LogP contribution in [0.3, 0.4) is 0 Å². The van der Waals surface area contributed by atoms with Crippen molar-refractivity contribution in [1.29, 1.82) is 0 Å². The fraction of sp³-hybridized carbons (Fsp3) is 0.520. The summed E-state index contributed by atoms with van der Waals surface area (Å²) in [6, 6.07) is 23.6. The van der Waals surface area contributed by atoms with Crippen LogP contribution in [-0.2, 0) is 5.82 Å². The molecule has 2 aromatic carbocycles. The van der Waals surface area contributed by atoms with Crippen molar-refractivity contribution in [3.05, 3.63) is 71.8 Å². The summed E-state index contributed by atoms with van der Waals surface area (Å²) < 4.78 is 0.681. The number of thioether (sulfide) groups is 4. The van der Waals surface area contributed by atoms with E-state index in [2.05, 4.69) is 108 Å². The van der Waals surface area contributed by atoms with Crippen molar-refractivity contribution in [3.63, 3.8) is 0 Å². The Hall–Kier alpha value is 0.383. The molecule has 0 saturated carbocycles. The normalized spacial score (nSPS) is 25.5. The molecule has 0 atom stereocenters. The van der Waals surface area contributed by atoms with E-state index in [0.717, 1.165) is 0 Å². The second kappa shape index (κ2) is 9.71. The molecule has 5 heteroatoms. The Morgan fingerprint density at radius 1 is 0.500 bits per heavy atom. The van der Waals surface area contributed by atoms with Gasteiger partial charge >= 0.3 is 204 Å². The summed E-state index contributed by atoms with van der Waals surface area (Å²) >= 11 is 6.96. The van der Waals surface area contributed by atoms with E-state index in [4.69, 9.17) is 0 Å². The van der Waals surface area contributed by atoms with E-state index >= 15 is 0 Å². The first-order chi connectivity index (χ1) is 14.8. The summed E-state index contributed by atoms with van der Waals surface area (Å²) in [7, 11) is 0. The molecular formula is C25H32GeS4.